The highest BCUT2D eigenvalue weighted by atomic mass is 16.5. The lowest BCUT2D eigenvalue weighted by Crippen LogP contribution is -2.35. The van der Waals surface area contributed by atoms with E-state index in [0.717, 1.165) is 55.4 Å². The Kier molecular flexibility index (Phi) is 6.92. The van der Waals surface area contributed by atoms with Crippen molar-refractivity contribution in [3.8, 4) is 5.75 Å². The number of benzene rings is 2. The molecule has 4 rings (SSSR count). The summed E-state index contributed by atoms with van der Waals surface area (Å²) in [6.45, 7) is 9.10. The molecule has 0 unspecified atom stereocenters. The molecular weight excluding hydrogens is 412 g/mol. The van der Waals surface area contributed by atoms with E-state index in [1.54, 1.807) is 7.11 Å². The molecule has 33 heavy (non-hydrogen) atoms. The zero-order valence-electron chi connectivity index (χ0n) is 20.0. The van der Waals surface area contributed by atoms with Crippen LogP contribution in [0.25, 0.3) is 0 Å². The molecule has 0 spiro atoms. The summed E-state index contributed by atoms with van der Waals surface area (Å²) >= 11 is 0. The highest BCUT2D eigenvalue weighted by Gasteiger charge is 2.24. The van der Waals surface area contributed by atoms with Gasteiger partial charge in [0.2, 0.25) is 0 Å². The topological polar surface area (TPSA) is 58.6 Å². The number of rotatable bonds is 5. The van der Waals surface area contributed by atoms with Crippen LogP contribution in [0.5, 0.6) is 5.75 Å². The summed E-state index contributed by atoms with van der Waals surface area (Å²) in [5.41, 5.74) is 5.35. The molecule has 0 bridgehead atoms. The van der Waals surface area contributed by atoms with Gasteiger partial charge in [0.15, 0.2) is 0 Å². The van der Waals surface area contributed by atoms with Crippen LogP contribution in [-0.4, -0.2) is 54.1 Å². The Balaban J connectivity index is 1.55. The van der Waals surface area contributed by atoms with Gasteiger partial charge >= 0.3 is 0 Å². The van der Waals surface area contributed by atoms with E-state index in [0.29, 0.717) is 17.9 Å². The number of anilines is 1. The van der Waals surface area contributed by atoms with Gasteiger partial charge in [-0.05, 0) is 51.0 Å². The van der Waals surface area contributed by atoms with Crippen LogP contribution < -0.4 is 9.64 Å². The third-order valence-electron chi connectivity index (χ3n) is 6.20. The number of carbonyl (C=O) groups excluding carboxylic acids is 1. The molecule has 1 saturated heterocycles. The second-order valence-corrected chi connectivity index (χ2v) is 8.69. The molecule has 1 aromatic heterocycles. The summed E-state index contributed by atoms with van der Waals surface area (Å²) in [5, 5.41) is 0. The summed E-state index contributed by atoms with van der Waals surface area (Å²) in [5.74, 6) is 2.52. The normalized spacial score (nSPS) is 14.2. The maximum atomic E-state index is 13.1. The van der Waals surface area contributed by atoms with Gasteiger partial charge < -0.3 is 14.5 Å². The molecule has 0 N–H and O–H groups in total. The first-order chi connectivity index (χ1) is 15.9. The van der Waals surface area contributed by atoms with Crippen molar-refractivity contribution < 1.29 is 9.53 Å². The van der Waals surface area contributed by atoms with Gasteiger partial charge in [-0.15, -0.1) is 0 Å². The molecule has 0 radical (unpaired) electrons. The van der Waals surface area contributed by atoms with E-state index in [1.807, 2.05) is 36.1 Å². The standard InChI is InChI=1S/C27H32N4O2/c1-19-9-11-22(12-10-19)17-25-20(2)28-21(3)29-26(25)30-13-6-14-31(16-15-30)27(32)23-7-5-8-24(18-23)33-4/h5,7-12,18H,6,13-17H2,1-4H3. The fourth-order valence-corrected chi connectivity index (χ4v) is 4.37. The quantitative estimate of drug-likeness (QED) is 0.585. The summed E-state index contributed by atoms with van der Waals surface area (Å²) in [6.07, 6.45) is 1.69. The van der Waals surface area contributed by atoms with Gasteiger partial charge in [-0.25, -0.2) is 9.97 Å². The molecule has 1 aliphatic heterocycles. The number of ether oxygens (including phenoxy) is 1. The molecule has 6 heteroatoms. The van der Waals surface area contributed by atoms with Gasteiger partial charge in [-0.1, -0.05) is 35.9 Å². The summed E-state index contributed by atoms with van der Waals surface area (Å²) in [6, 6.07) is 16.0. The van der Waals surface area contributed by atoms with Crippen molar-refractivity contribution in [3.63, 3.8) is 0 Å². The zero-order chi connectivity index (χ0) is 23.4. The summed E-state index contributed by atoms with van der Waals surface area (Å²) in [4.78, 5) is 26.9. The lowest BCUT2D eigenvalue weighted by Gasteiger charge is -2.26. The Labute approximate surface area is 196 Å². The van der Waals surface area contributed by atoms with Gasteiger partial charge in [0, 0.05) is 49.4 Å². The lowest BCUT2D eigenvalue weighted by atomic mass is 10.0. The number of nitrogens with zero attached hydrogens (tertiary/aromatic N) is 4. The molecule has 0 atom stereocenters. The second-order valence-electron chi connectivity index (χ2n) is 8.69. The number of hydrogen-bond donors (Lipinski definition) is 0. The minimum absolute atomic E-state index is 0.0469. The molecule has 1 amide bonds. The molecule has 6 nitrogen and oxygen atoms in total. The third kappa shape index (κ3) is 5.33. The smallest absolute Gasteiger partial charge is 0.254 e. The fraction of sp³-hybridized carbons (Fsp3) is 0.370. The Morgan fingerprint density at radius 3 is 2.52 bits per heavy atom. The fourth-order valence-electron chi connectivity index (χ4n) is 4.37. The van der Waals surface area contributed by atoms with Crippen molar-refractivity contribution in [2.24, 2.45) is 0 Å². The van der Waals surface area contributed by atoms with Crippen molar-refractivity contribution in [1.82, 2.24) is 14.9 Å². The van der Waals surface area contributed by atoms with E-state index < -0.39 is 0 Å². The number of carbonyl (C=O) groups is 1. The van der Waals surface area contributed by atoms with Crippen molar-refractivity contribution in [2.75, 3.05) is 38.2 Å². The summed E-state index contributed by atoms with van der Waals surface area (Å²) < 4.78 is 5.29. The van der Waals surface area contributed by atoms with Crippen LogP contribution in [0.3, 0.4) is 0 Å². The van der Waals surface area contributed by atoms with Gasteiger partial charge in [-0.2, -0.15) is 0 Å². The first kappa shape index (κ1) is 22.8. The van der Waals surface area contributed by atoms with E-state index >= 15 is 0 Å². The van der Waals surface area contributed by atoms with Gasteiger partial charge in [0.25, 0.3) is 5.91 Å². The molecule has 1 aliphatic rings. The molecule has 1 fully saturated rings. The first-order valence-electron chi connectivity index (χ1n) is 11.5. The largest absolute Gasteiger partial charge is 0.497 e. The van der Waals surface area contributed by atoms with Crippen molar-refractivity contribution >= 4 is 11.7 Å². The minimum atomic E-state index is 0.0469. The summed E-state index contributed by atoms with van der Waals surface area (Å²) in [7, 11) is 1.62. The Hall–Kier alpha value is -3.41. The van der Waals surface area contributed by atoms with Gasteiger partial charge in [-0.3, -0.25) is 4.79 Å². The molecular formula is C27H32N4O2. The number of amides is 1. The Morgan fingerprint density at radius 2 is 1.76 bits per heavy atom. The maximum Gasteiger partial charge on any atom is 0.254 e. The van der Waals surface area contributed by atoms with Crippen LogP contribution in [0.1, 0.15) is 45.0 Å². The average Bonchev–Trinajstić information content (AvgIpc) is 3.08. The highest BCUT2D eigenvalue weighted by molar-refractivity contribution is 5.94. The van der Waals surface area contributed by atoms with Crippen molar-refractivity contribution in [2.45, 2.75) is 33.6 Å². The molecule has 2 heterocycles. The van der Waals surface area contributed by atoms with E-state index in [9.17, 15) is 4.79 Å². The number of methoxy groups -OCH3 is 1. The van der Waals surface area contributed by atoms with E-state index in [-0.39, 0.29) is 5.91 Å². The van der Waals surface area contributed by atoms with Crippen LogP contribution in [0, 0.1) is 20.8 Å². The predicted octanol–water partition coefficient (Wildman–Crippen LogP) is 4.35. The van der Waals surface area contributed by atoms with E-state index in [4.69, 9.17) is 9.72 Å². The predicted molar refractivity (Wildman–Crippen MR) is 131 cm³/mol. The second kappa shape index (κ2) is 10.0. The number of aryl methyl sites for hydroxylation is 3. The lowest BCUT2D eigenvalue weighted by molar-refractivity contribution is 0.0766. The first-order valence-corrected chi connectivity index (χ1v) is 11.5. The average molecular weight is 445 g/mol. The molecule has 172 valence electrons. The molecule has 0 aliphatic carbocycles. The third-order valence-corrected chi connectivity index (χ3v) is 6.20. The monoisotopic (exact) mass is 444 g/mol. The van der Waals surface area contributed by atoms with Crippen LogP contribution in [0.2, 0.25) is 0 Å². The Bertz CT molecular complexity index is 1130. The van der Waals surface area contributed by atoms with Crippen molar-refractivity contribution in [3.05, 3.63) is 82.3 Å². The van der Waals surface area contributed by atoms with Crippen molar-refractivity contribution in [1.29, 1.82) is 0 Å². The SMILES string of the molecule is COc1cccc(C(=O)N2CCCN(c3nc(C)nc(C)c3Cc3ccc(C)cc3)CC2)c1. The molecule has 2 aromatic carbocycles. The van der Waals surface area contributed by atoms with Gasteiger partial charge in [0.05, 0.1) is 7.11 Å². The van der Waals surface area contributed by atoms with Gasteiger partial charge in [0.1, 0.15) is 17.4 Å². The number of aromatic nitrogens is 2. The van der Waals surface area contributed by atoms with E-state index in [1.165, 1.54) is 11.1 Å². The van der Waals surface area contributed by atoms with Crippen LogP contribution >= 0.6 is 0 Å². The molecule has 3 aromatic rings. The van der Waals surface area contributed by atoms with Crippen LogP contribution in [0.15, 0.2) is 48.5 Å². The zero-order valence-corrected chi connectivity index (χ0v) is 20.0. The van der Waals surface area contributed by atoms with Crippen LogP contribution in [0.4, 0.5) is 5.82 Å². The van der Waals surface area contributed by atoms with E-state index in [2.05, 4.69) is 48.0 Å². The highest BCUT2D eigenvalue weighted by Crippen LogP contribution is 2.26. The van der Waals surface area contributed by atoms with Crippen LogP contribution in [-0.2, 0) is 6.42 Å². The minimum Gasteiger partial charge on any atom is -0.497 e. The maximum absolute atomic E-state index is 13.1. The number of hydrogen-bond acceptors (Lipinski definition) is 5. The molecule has 0 saturated carbocycles. The Morgan fingerprint density at radius 1 is 0.970 bits per heavy atom.